The molecule has 0 bridgehead atoms. The number of hydrogen-bond acceptors (Lipinski definition) is 4. The number of rotatable bonds is 8. The number of carbonyl (C=O) groups excluding carboxylic acids is 1. The minimum absolute atomic E-state index is 0.263. The van der Waals surface area contributed by atoms with Crippen molar-refractivity contribution < 1.29 is 4.79 Å². The van der Waals surface area contributed by atoms with E-state index in [0.29, 0.717) is 6.42 Å². The van der Waals surface area contributed by atoms with Crippen molar-refractivity contribution in [2.75, 3.05) is 19.3 Å². The summed E-state index contributed by atoms with van der Waals surface area (Å²) in [6, 6.07) is 5.92. The summed E-state index contributed by atoms with van der Waals surface area (Å²) in [4.78, 5) is 18.2. The van der Waals surface area contributed by atoms with Crippen LogP contribution in [0.3, 0.4) is 0 Å². The van der Waals surface area contributed by atoms with Crippen LogP contribution in [-0.4, -0.2) is 40.4 Å². The number of carbonyl (C=O) groups is 1. The maximum Gasteiger partial charge on any atom is 0.222 e. The Kier molecular flexibility index (Phi) is 7.44. The molecular weight excluding hydrogens is 300 g/mol. The summed E-state index contributed by atoms with van der Waals surface area (Å²) in [5.41, 5.74) is 1.05. The van der Waals surface area contributed by atoms with E-state index in [4.69, 9.17) is 0 Å². The number of pyridine rings is 1. The van der Waals surface area contributed by atoms with Crippen molar-refractivity contribution in [2.24, 2.45) is 0 Å². The monoisotopic (exact) mass is 324 g/mol. The molecule has 2 rings (SSSR count). The van der Waals surface area contributed by atoms with E-state index in [2.05, 4.69) is 4.98 Å². The molecule has 1 fully saturated rings. The maximum absolute atomic E-state index is 12.1. The van der Waals surface area contributed by atoms with Crippen LogP contribution in [-0.2, 0) is 11.2 Å². The number of aromatic nitrogens is 1. The Morgan fingerprint density at radius 2 is 2.33 bits per heavy atom. The van der Waals surface area contributed by atoms with Gasteiger partial charge in [-0.1, -0.05) is 34.1 Å². The summed E-state index contributed by atoms with van der Waals surface area (Å²) in [7, 11) is 5.92. The summed E-state index contributed by atoms with van der Waals surface area (Å²) in [6.45, 7) is 0.755. The van der Waals surface area contributed by atoms with Gasteiger partial charge in [-0.15, -0.1) is 0 Å². The summed E-state index contributed by atoms with van der Waals surface area (Å²) in [5.74, 6) is 1.56. The molecule has 1 aliphatic rings. The van der Waals surface area contributed by atoms with E-state index in [0.717, 1.165) is 30.3 Å². The van der Waals surface area contributed by atoms with E-state index in [1.54, 1.807) is 6.20 Å². The van der Waals surface area contributed by atoms with Crippen LogP contribution in [0.2, 0.25) is 0 Å². The molecule has 1 aliphatic heterocycles. The second kappa shape index (κ2) is 9.36. The first-order valence-electron chi connectivity index (χ1n) is 7.68. The van der Waals surface area contributed by atoms with Crippen LogP contribution in [0.15, 0.2) is 24.4 Å². The highest BCUT2D eigenvalue weighted by atomic mass is 33.1. The summed E-state index contributed by atoms with van der Waals surface area (Å²) < 4.78 is 0. The van der Waals surface area contributed by atoms with Crippen molar-refractivity contribution >= 4 is 27.5 Å². The largest absolute Gasteiger partial charge is 0.345 e. The van der Waals surface area contributed by atoms with Gasteiger partial charge in [0.05, 0.1) is 0 Å². The third kappa shape index (κ3) is 6.30. The number of hydrogen-bond donors (Lipinski definition) is 0. The van der Waals surface area contributed by atoms with Crippen LogP contribution in [0, 0.1) is 0 Å². The molecule has 3 nitrogen and oxygen atoms in total. The third-order valence-corrected chi connectivity index (χ3v) is 6.76. The van der Waals surface area contributed by atoms with Gasteiger partial charge in [-0.3, -0.25) is 9.78 Å². The molecule has 5 heteroatoms. The van der Waals surface area contributed by atoms with Gasteiger partial charge >= 0.3 is 0 Å². The van der Waals surface area contributed by atoms with Crippen molar-refractivity contribution in [2.45, 2.75) is 43.8 Å². The highest BCUT2D eigenvalue weighted by Gasteiger charge is 2.16. The fourth-order valence-corrected chi connectivity index (χ4v) is 5.38. The van der Waals surface area contributed by atoms with Gasteiger partial charge < -0.3 is 4.90 Å². The molecule has 1 aromatic rings. The predicted molar refractivity (Wildman–Crippen MR) is 92.5 cm³/mol. The molecule has 1 amide bonds. The highest BCUT2D eigenvalue weighted by Crippen LogP contribution is 2.39. The van der Waals surface area contributed by atoms with Gasteiger partial charge in [0.2, 0.25) is 5.91 Å². The van der Waals surface area contributed by atoms with Gasteiger partial charge in [-0.25, -0.2) is 0 Å². The molecule has 0 aromatic carbocycles. The normalized spacial score (nSPS) is 17.9. The quantitative estimate of drug-likeness (QED) is 0.538. The van der Waals surface area contributed by atoms with Gasteiger partial charge in [0.1, 0.15) is 0 Å². The Labute approximate surface area is 135 Å². The van der Waals surface area contributed by atoms with Gasteiger partial charge in [-0.2, -0.15) is 0 Å². The van der Waals surface area contributed by atoms with Crippen molar-refractivity contribution in [3.8, 4) is 0 Å². The molecule has 116 valence electrons. The Balaban J connectivity index is 1.56. The predicted octanol–water partition coefficient (Wildman–Crippen LogP) is 3.80. The Bertz CT molecular complexity index is 422. The standard InChI is InChI=1S/C16H24N2OS2/c1-18(12-9-14-6-4-5-11-17-14)16(19)8-3-2-7-15-10-13-20-21-15/h4-6,11,15H,2-3,7-10,12-13H2,1H3. The minimum Gasteiger partial charge on any atom is -0.345 e. The van der Waals surface area contributed by atoms with Crippen LogP contribution in [0.4, 0.5) is 0 Å². The molecule has 21 heavy (non-hydrogen) atoms. The number of likely N-dealkylation sites (N-methyl/N-ethyl adjacent to an activating group) is 1. The maximum atomic E-state index is 12.1. The topological polar surface area (TPSA) is 33.2 Å². The van der Waals surface area contributed by atoms with Gasteiger partial charge in [0.25, 0.3) is 0 Å². The summed E-state index contributed by atoms with van der Waals surface area (Å²) in [6.07, 6.45) is 8.13. The van der Waals surface area contributed by atoms with Crippen molar-refractivity contribution in [3.05, 3.63) is 30.1 Å². The Morgan fingerprint density at radius 1 is 1.43 bits per heavy atom. The second-order valence-corrected chi connectivity index (χ2v) is 8.25. The van der Waals surface area contributed by atoms with Crippen molar-refractivity contribution in [1.29, 1.82) is 0 Å². The minimum atomic E-state index is 0.263. The van der Waals surface area contributed by atoms with E-state index >= 15 is 0 Å². The molecule has 1 atom stereocenters. The summed E-state index contributed by atoms with van der Waals surface area (Å²) in [5, 5.41) is 0.826. The molecule has 2 heterocycles. The lowest BCUT2D eigenvalue weighted by Gasteiger charge is -2.17. The molecule has 1 saturated heterocycles. The van der Waals surface area contributed by atoms with Crippen LogP contribution in [0.5, 0.6) is 0 Å². The number of nitrogens with zero attached hydrogens (tertiary/aromatic N) is 2. The van der Waals surface area contributed by atoms with Crippen molar-refractivity contribution in [3.63, 3.8) is 0 Å². The lowest BCUT2D eigenvalue weighted by atomic mass is 10.1. The fourth-order valence-electron chi connectivity index (χ4n) is 2.36. The lowest BCUT2D eigenvalue weighted by molar-refractivity contribution is -0.130. The van der Waals surface area contributed by atoms with Gasteiger partial charge in [-0.05, 0) is 31.4 Å². The SMILES string of the molecule is CN(CCc1ccccn1)C(=O)CCCCC1CCSS1. The van der Waals surface area contributed by atoms with Gasteiger partial charge in [0, 0.05) is 49.3 Å². The number of amides is 1. The zero-order valence-corrected chi connectivity index (χ0v) is 14.3. The molecule has 1 unspecified atom stereocenters. The zero-order chi connectivity index (χ0) is 14.9. The molecular formula is C16H24N2OS2. The third-order valence-electron chi connectivity index (χ3n) is 3.75. The first-order valence-corrected chi connectivity index (χ1v) is 10.1. The number of unbranched alkanes of at least 4 members (excludes halogenated alkanes) is 1. The molecule has 0 aliphatic carbocycles. The average molecular weight is 325 g/mol. The Hall–Kier alpha value is -0.680. The first kappa shape index (κ1) is 16.7. The van der Waals surface area contributed by atoms with E-state index in [9.17, 15) is 4.79 Å². The van der Waals surface area contributed by atoms with E-state index in [1.807, 2.05) is 51.7 Å². The van der Waals surface area contributed by atoms with Crippen molar-refractivity contribution in [1.82, 2.24) is 9.88 Å². The van der Waals surface area contributed by atoms with Crippen LogP contribution < -0.4 is 0 Å². The average Bonchev–Trinajstić information content (AvgIpc) is 3.03. The molecule has 0 N–H and O–H groups in total. The van der Waals surface area contributed by atoms with Crippen LogP contribution in [0.1, 0.15) is 37.8 Å². The first-order chi connectivity index (χ1) is 10.3. The summed E-state index contributed by atoms with van der Waals surface area (Å²) >= 11 is 0. The van der Waals surface area contributed by atoms with E-state index < -0.39 is 0 Å². The van der Waals surface area contributed by atoms with Crippen LogP contribution in [0.25, 0.3) is 0 Å². The van der Waals surface area contributed by atoms with E-state index in [-0.39, 0.29) is 5.91 Å². The molecule has 0 saturated carbocycles. The highest BCUT2D eigenvalue weighted by molar-refractivity contribution is 8.77. The van der Waals surface area contributed by atoms with E-state index in [1.165, 1.54) is 25.0 Å². The molecule has 0 spiro atoms. The fraction of sp³-hybridized carbons (Fsp3) is 0.625. The second-order valence-electron chi connectivity index (χ2n) is 5.46. The van der Waals surface area contributed by atoms with Gasteiger partial charge in [0.15, 0.2) is 0 Å². The zero-order valence-electron chi connectivity index (χ0n) is 12.7. The molecule has 0 radical (unpaired) electrons. The Morgan fingerprint density at radius 3 is 3.05 bits per heavy atom. The molecule has 1 aromatic heterocycles. The van der Waals surface area contributed by atoms with Crippen LogP contribution >= 0.6 is 21.6 Å². The smallest absolute Gasteiger partial charge is 0.222 e. The lowest BCUT2D eigenvalue weighted by Crippen LogP contribution is -2.28.